The van der Waals surface area contributed by atoms with Crippen molar-refractivity contribution in [2.75, 3.05) is 10.6 Å². The minimum Gasteiger partial charge on any atom is -0.322 e. The van der Waals surface area contributed by atoms with Crippen LogP contribution in [-0.2, 0) is 6.42 Å². The average molecular weight is 395 g/mol. The van der Waals surface area contributed by atoms with Crippen LogP contribution in [0.3, 0.4) is 0 Å². The third kappa shape index (κ3) is 5.01. The quantitative estimate of drug-likeness (QED) is 0.642. The molecular weight excluding hydrogens is 372 g/mol. The van der Waals surface area contributed by atoms with Crippen LogP contribution in [0, 0.1) is 12.8 Å². The normalized spacial score (nSPS) is 10.7. The van der Waals surface area contributed by atoms with Crippen LogP contribution in [0.1, 0.15) is 45.1 Å². The van der Waals surface area contributed by atoms with Crippen LogP contribution in [0.4, 0.5) is 10.8 Å². The van der Waals surface area contributed by atoms with Gasteiger partial charge >= 0.3 is 0 Å². The second kappa shape index (κ2) is 8.75. The number of aryl methyl sites for hydroxylation is 1. The minimum atomic E-state index is -0.289. The van der Waals surface area contributed by atoms with Gasteiger partial charge in [0.1, 0.15) is 5.01 Å². The Morgan fingerprint density at radius 3 is 2.39 bits per heavy atom. The van der Waals surface area contributed by atoms with E-state index >= 15 is 0 Å². The second-order valence-electron chi connectivity index (χ2n) is 6.90. The number of nitrogens with one attached hydrogen (secondary N) is 2. The fourth-order valence-electron chi connectivity index (χ4n) is 2.59. The summed E-state index contributed by atoms with van der Waals surface area (Å²) in [5.41, 5.74) is 2.47. The lowest BCUT2D eigenvalue weighted by molar-refractivity contribution is 0.101. The first-order valence-electron chi connectivity index (χ1n) is 9.03. The van der Waals surface area contributed by atoms with Crippen molar-refractivity contribution in [3.63, 3.8) is 0 Å². The van der Waals surface area contributed by atoms with Crippen LogP contribution >= 0.6 is 11.3 Å². The van der Waals surface area contributed by atoms with E-state index in [4.69, 9.17) is 0 Å². The highest BCUT2D eigenvalue weighted by Crippen LogP contribution is 2.21. The van der Waals surface area contributed by atoms with Gasteiger partial charge in [-0.15, -0.1) is 10.2 Å². The number of aromatic nitrogens is 2. The van der Waals surface area contributed by atoms with E-state index in [1.807, 2.05) is 13.0 Å². The molecule has 2 amide bonds. The molecule has 28 heavy (non-hydrogen) atoms. The molecule has 6 nitrogen and oxygen atoms in total. The topological polar surface area (TPSA) is 84.0 Å². The van der Waals surface area contributed by atoms with Crippen LogP contribution in [-0.4, -0.2) is 22.0 Å². The fourth-order valence-corrected chi connectivity index (χ4v) is 3.53. The van der Waals surface area contributed by atoms with Gasteiger partial charge < -0.3 is 5.32 Å². The summed E-state index contributed by atoms with van der Waals surface area (Å²) in [4.78, 5) is 25.0. The molecular formula is C21H22N4O2S. The Morgan fingerprint density at radius 2 is 1.68 bits per heavy atom. The molecule has 0 atom stereocenters. The minimum absolute atomic E-state index is 0.219. The lowest BCUT2D eigenvalue weighted by Crippen LogP contribution is -2.15. The standard InChI is InChI=1S/C21H22N4O2S/c1-13(2)11-18-24-25-21(28-18)23-20(27)16-10-9-14(3)17(12-16)22-19(26)15-7-5-4-6-8-15/h4-10,12-13H,11H2,1-3H3,(H,22,26)(H,23,25,27). The molecule has 7 heteroatoms. The molecule has 2 aromatic carbocycles. The maximum absolute atomic E-state index is 12.6. The molecule has 0 saturated heterocycles. The van der Waals surface area contributed by atoms with Gasteiger partial charge in [0.25, 0.3) is 11.8 Å². The van der Waals surface area contributed by atoms with Gasteiger partial charge in [0, 0.05) is 23.2 Å². The van der Waals surface area contributed by atoms with Gasteiger partial charge in [-0.05, 0) is 42.7 Å². The Morgan fingerprint density at radius 1 is 0.964 bits per heavy atom. The Labute approximate surface area is 168 Å². The van der Waals surface area contributed by atoms with Crippen LogP contribution in [0.2, 0.25) is 0 Å². The molecule has 3 rings (SSSR count). The largest absolute Gasteiger partial charge is 0.322 e. The maximum Gasteiger partial charge on any atom is 0.257 e. The zero-order chi connectivity index (χ0) is 20.1. The highest BCUT2D eigenvalue weighted by Gasteiger charge is 2.14. The molecule has 0 spiro atoms. The van der Waals surface area contributed by atoms with Crippen molar-refractivity contribution >= 4 is 34.0 Å². The molecule has 1 heterocycles. The second-order valence-corrected chi connectivity index (χ2v) is 7.96. The predicted molar refractivity (Wildman–Crippen MR) is 112 cm³/mol. The first-order valence-corrected chi connectivity index (χ1v) is 9.85. The van der Waals surface area contributed by atoms with Crippen molar-refractivity contribution in [1.29, 1.82) is 0 Å². The van der Waals surface area contributed by atoms with Crippen LogP contribution in [0.5, 0.6) is 0 Å². The van der Waals surface area contributed by atoms with Crippen molar-refractivity contribution in [3.05, 3.63) is 70.2 Å². The molecule has 0 unspecified atom stereocenters. The third-order valence-electron chi connectivity index (χ3n) is 4.05. The number of amides is 2. The molecule has 0 bridgehead atoms. The smallest absolute Gasteiger partial charge is 0.257 e. The number of carbonyl (C=O) groups is 2. The maximum atomic E-state index is 12.6. The Kier molecular flexibility index (Phi) is 6.16. The fraction of sp³-hybridized carbons (Fsp3) is 0.238. The number of benzene rings is 2. The SMILES string of the molecule is Cc1ccc(C(=O)Nc2nnc(CC(C)C)s2)cc1NC(=O)c1ccccc1. The number of anilines is 2. The van der Waals surface area contributed by atoms with Crippen molar-refractivity contribution in [2.45, 2.75) is 27.2 Å². The van der Waals surface area contributed by atoms with Gasteiger partial charge in [0.2, 0.25) is 5.13 Å². The van der Waals surface area contributed by atoms with E-state index in [9.17, 15) is 9.59 Å². The number of rotatable bonds is 6. The summed E-state index contributed by atoms with van der Waals surface area (Å²) in [7, 11) is 0. The van der Waals surface area contributed by atoms with Gasteiger partial charge in [-0.1, -0.05) is 49.4 Å². The van der Waals surface area contributed by atoms with E-state index in [0.717, 1.165) is 17.0 Å². The van der Waals surface area contributed by atoms with E-state index in [1.165, 1.54) is 11.3 Å². The number of carbonyl (C=O) groups excluding carboxylic acids is 2. The van der Waals surface area contributed by atoms with Crippen LogP contribution in [0.15, 0.2) is 48.5 Å². The molecule has 0 aliphatic rings. The first kappa shape index (κ1) is 19.7. The summed E-state index contributed by atoms with van der Waals surface area (Å²) in [5, 5.41) is 15.1. The Balaban J connectivity index is 1.72. The lowest BCUT2D eigenvalue weighted by atomic mass is 10.1. The first-order chi connectivity index (χ1) is 13.4. The summed E-state index contributed by atoms with van der Waals surface area (Å²) in [5.74, 6) is -0.0319. The molecule has 0 saturated carbocycles. The Hall–Kier alpha value is -3.06. The van der Waals surface area contributed by atoms with Crippen LogP contribution < -0.4 is 10.6 Å². The molecule has 1 aromatic heterocycles. The Bertz CT molecular complexity index is 983. The van der Waals surface area contributed by atoms with Crippen molar-refractivity contribution < 1.29 is 9.59 Å². The zero-order valence-electron chi connectivity index (χ0n) is 16.0. The zero-order valence-corrected chi connectivity index (χ0v) is 16.8. The molecule has 144 valence electrons. The van der Waals surface area contributed by atoms with Gasteiger partial charge in [-0.25, -0.2) is 0 Å². The summed E-state index contributed by atoms with van der Waals surface area (Å²) >= 11 is 1.38. The summed E-state index contributed by atoms with van der Waals surface area (Å²) in [6.07, 6.45) is 0.827. The summed E-state index contributed by atoms with van der Waals surface area (Å²) in [6, 6.07) is 14.1. The van der Waals surface area contributed by atoms with Crippen LogP contribution in [0.25, 0.3) is 0 Å². The number of hydrogen-bond acceptors (Lipinski definition) is 5. The van der Waals surface area contributed by atoms with Gasteiger partial charge in [-0.2, -0.15) is 0 Å². The highest BCUT2D eigenvalue weighted by molar-refractivity contribution is 7.15. The van der Waals surface area contributed by atoms with E-state index in [0.29, 0.717) is 27.9 Å². The monoisotopic (exact) mass is 394 g/mol. The highest BCUT2D eigenvalue weighted by atomic mass is 32.1. The van der Waals surface area contributed by atoms with Crippen molar-refractivity contribution in [2.24, 2.45) is 5.92 Å². The van der Waals surface area contributed by atoms with Gasteiger partial charge in [-0.3, -0.25) is 14.9 Å². The van der Waals surface area contributed by atoms with Crippen molar-refractivity contribution in [3.8, 4) is 0 Å². The molecule has 0 aliphatic carbocycles. The molecule has 0 fully saturated rings. The van der Waals surface area contributed by atoms with Gasteiger partial charge in [0.15, 0.2) is 0 Å². The molecule has 0 aliphatic heterocycles. The van der Waals surface area contributed by atoms with E-state index in [2.05, 4.69) is 34.7 Å². The van der Waals surface area contributed by atoms with E-state index < -0.39 is 0 Å². The summed E-state index contributed by atoms with van der Waals surface area (Å²) < 4.78 is 0. The van der Waals surface area contributed by atoms with E-state index in [-0.39, 0.29) is 11.8 Å². The number of hydrogen-bond donors (Lipinski definition) is 2. The average Bonchev–Trinajstić information content (AvgIpc) is 3.10. The lowest BCUT2D eigenvalue weighted by Gasteiger charge is -2.10. The third-order valence-corrected chi connectivity index (χ3v) is 4.92. The molecule has 2 N–H and O–H groups in total. The molecule has 3 aromatic rings. The molecule has 0 radical (unpaired) electrons. The summed E-state index contributed by atoms with van der Waals surface area (Å²) in [6.45, 7) is 6.10. The van der Waals surface area contributed by atoms with Crippen molar-refractivity contribution in [1.82, 2.24) is 10.2 Å². The number of nitrogens with zero attached hydrogens (tertiary/aromatic N) is 2. The predicted octanol–water partition coefficient (Wildman–Crippen LogP) is 4.55. The van der Waals surface area contributed by atoms with E-state index in [1.54, 1.807) is 42.5 Å². The van der Waals surface area contributed by atoms with Gasteiger partial charge in [0.05, 0.1) is 0 Å².